The zero-order valence-corrected chi connectivity index (χ0v) is 26.9. The van der Waals surface area contributed by atoms with E-state index >= 15 is 0 Å². The van der Waals surface area contributed by atoms with Crippen LogP contribution in [0.4, 0.5) is 5.82 Å². The van der Waals surface area contributed by atoms with Gasteiger partial charge in [0.1, 0.15) is 24.4 Å². The lowest BCUT2D eigenvalue weighted by Crippen LogP contribution is -2.51. The number of benzene rings is 1. The molecule has 2 aliphatic rings. The van der Waals surface area contributed by atoms with Crippen LogP contribution >= 0.6 is 0 Å². The van der Waals surface area contributed by atoms with Crippen LogP contribution in [0.1, 0.15) is 56.8 Å². The highest BCUT2D eigenvalue weighted by molar-refractivity contribution is 5.97. The quantitative estimate of drug-likeness (QED) is 0.301. The van der Waals surface area contributed by atoms with Crippen LogP contribution in [0.25, 0.3) is 11.0 Å². The molecule has 1 saturated heterocycles. The average Bonchev–Trinajstić information content (AvgIpc) is 3.45. The first-order chi connectivity index (χ1) is 21.2. The van der Waals surface area contributed by atoms with Crippen molar-refractivity contribution in [3.8, 4) is 5.75 Å². The van der Waals surface area contributed by atoms with Gasteiger partial charge in [-0.2, -0.15) is 5.10 Å². The van der Waals surface area contributed by atoms with Gasteiger partial charge in [0, 0.05) is 63.4 Å². The number of Topliss-reactive ketones (excluding diaryl/α,β-unsaturated/α-hetero) is 1. The molecule has 1 aliphatic carbocycles. The number of aromatic nitrogens is 4. The third kappa shape index (κ3) is 7.38. The van der Waals surface area contributed by atoms with E-state index in [0.29, 0.717) is 55.0 Å². The molecule has 0 spiro atoms. The van der Waals surface area contributed by atoms with Crippen molar-refractivity contribution >= 4 is 28.5 Å². The summed E-state index contributed by atoms with van der Waals surface area (Å²) >= 11 is 0. The van der Waals surface area contributed by atoms with Crippen LogP contribution in [0.2, 0.25) is 0 Å². The molecule has 2 aromatic heterocycles. The van der Waals surface area contributed by atoms with Crippen molar-refractivity contribution in [1.82, 2.24) is 29.5 Å². The molecule has 3 heterocycles. The number of ketones is 1. The second-order valence-electron chi connectivity index (χ2n) is 13.0. The summed E-state index contributed by atoms with van der Waals surface area (Å²) in [6, 6.07) is 7.11. The largest absolute Gasteiger partial charge is 0.497 e. The number of anilines is 1. The Bertz CT molecular complexity index is 1420. The van der Waals surface area contributed by atoms with Gasteiger partial charge in [-0.3, -0.25) is 14.5 Å². The van der Waals surface area contributed by atoms with Crippen LogP contribution in [0, 0.1) is 11.8 Å². The molecule has 44 heavy (non-hydrogen) atoms. The predicted octanol–water partition coefficient (Wildman–Crippen LogP) is 3.92. The normalized spacial score (nSPS) is 19.5. The minimum atomic E-state index is -0.0761. The van der Waals surface area contributed by atoms with Crippen molar-refractivity contribution in [2.75, 3.05) is 65.0 Å². The van der Waals surface area contributed by atoms with E-state index in [2.05, 4.69) is 45.6 Å². The summed E-state index contributed by atoms with van der Waals surface area (Å²) in [4.78, 5) is 42.3. The molecule has 11 nitrogen and oxygen atoms in total. The Kier molecular flexibility index (Phi) is 10.2. The van der Waals surface area contributed by atoms with Crippen LogP contribution in [0.15, 0.2) is 36.8 Å². The summed E-state index contributed by atoms with van der Waals surface area (Å²) in [6.07, 6.45) is 7.38. The van der Waals surface area contributed by atoms with E-state index in [-0.39, 0.29) is 23.8 Å². The number of ether oxygens (including phenoxy) is 2. The van der Waals surface area contributed by atoms with Crippen molar-refractivity contribution < 1.29 is 19.1 Å². The van der Waals surface area contributed by atoms with E-state index in [1.54, 1.807) is 43.3 Å². The second-order valence-corrected chi connectivity index (χ2v) is 13.0. The second kappa shape index (κ2) is 14.0. The van der Waals surface area contributed by atoms with E-state index in [1.807, 2.05) is 11.0 Å². The molecular formula is C33H47N7O4. The predicted molar refractivity (Wildman–Crippen MR) is 170 cm³/mol. The molecule has 0 unspecified atom stereocenters. The number of nitrogens with zero attached hydrogens (tertiary/aromatic N) is 7. The van der Waals surface area contributed by atoms with Gasteiger partial charge in [-0.05, 0) is 64.5 Å². The fraction of sp³-hybridized carbons (Fsp3) is 0.606. The molecule has 1 aromatic carbocycles. The zero-order valence-electron chi connectivity index (χ0n) is 26.9. The SMILES string of the molecule is COCCN(CC1CCC(C(=O)N2CCN(c3ncnc4c3cnn4CC(=O)c3cccc(OC)c3)CC2)CC1)C(C)(C)C. The maximum Gasteiger partial charge on any atom is 0.225 e. The fourth-order valence-electron chi connectivity index (χ4n) is 6.47. The zero-order chi connectivity index (χ0) is 31.3. The van der Waals surface area contributed by atoms with Gasteiger partial charge in [-0.25, -0.2) is 14.6 Å². The molecule has 11 heteroatoms. The summed E-state index contributed by atoms with van der Waals surface area (Å²) in [5, 5.41) is 5.28. The maximum atomic E-state index is 13.5. The number of methoxy groups -OCH3 is 2. The lowest BCUT2D eigenvalue weighted by Gasteiger charge is -2.41. The summed E-state index contributed by atoms with van der Waals surface area (Å²) < 4.78 is 12.2. The van der Waals surface area contributed by atoms with Crippen molar-refractivity contribution in [3.05, 3.63) is 42.4 Å². The lowest BCUT2D eigenvalue weighted by atomic mass is 9.80. The van der Waals surface area contributed by atoms with Crippen LogP contribution < -0.4 is 9.64 Å². The lowest BCUT2D eigenvalue weighted by molar-refractivity contribution is -0.137. The maximum absolute atomic E-state index is 13.5. The molecule has 2 fully saturated rings. The molecule has 0 N–H and O–H groups in total. The van der Waals surface area contributed by atoms with Crippen LogP contribution in [-0.2, 0) is 16.1 Å². The minimum Gasteiger partial charge on any atom is -0.497 e. The Labute approximate surface area is 260 Å². The Morgan fingerprint density at radius 1 is 1.02 bits per heavy atom. The van der Waals surface area contributed by atoms with Crippen molar-refractivity contribution in [3.63, 3.8) is 0 Å². The van der Waals surface area contributed by atoms with Crippen molar-refractivity contribution in [1.29, 1.82) is 0 Å². The number of hydrogen-bond acceptors (Lipinski definition) is 9. The summed E-state index contributed by atoms with van der Waals surface area (Å²) in [5.41, 5.74) is 1.28. The highest BCUT2D eigenvalue weighted by atomic mass is 16.5. The fourth-order valence-corrected chi connectivity index (χ4v) is 6.47. The first-order valence-corrected chi connectivity index (χ1v) is 15.8. The average molecular weight is 606 g/mol. The summed E-state index contributed by atoms with van der Waals surface area (Å²) in [7, 11) is 3.34. The van der Waals surface area contributed by atoms with Gasteiger partial charge in [0.05, 0.1) is 25.3 Å². The Balaban J connectivity index is 1.15. The molecular weight excluding hydrogens is 558 g/mol. The van der Waals surface area contributed by atoms with E-state index in [4.69, 9.17) is 9.47 Å². The van der Waals surface area contributed by atoms with Crippen molar-refractivity contribution in [2.45, 2.75) is 58.5 Å². The molecule has 5 rings (SSSR count). The van der Waals surface area contributed by atoms with Gasteiger partial charge in [-0.15, -0.1) is 0 Å². The van der Waals surface area contributed by atoms with Gasteiger partial charge in [0.2, 0.25) is 5.91 Å². The first kappa shape index (κ1) is 31.8. The Morgan fingerprint density at radius 2 is 1.77 bits per heavy atom. The molecule has 0 radical (unpaired) electrons. The molecule has 3 aromatic rings. The number of fused-ring (bicyclic) bond motifs is 1. The number of carbonyl (C=O) groups is 2. The molecule has 0 atom stereocenters. The monoisotopic (exact) mass is 605 g/mol. The summed E-state index contributed by atoms with van der Waals surface area (Å²) in [6.45, 7) is 12.3. The summed E-state index contributed by atoms with van der Waals surface area (Å²) in [5.74, 6) is 2.39. The Hall–Kier alpha value is -3.57. The third-order valence-electron chi connectivity index (χ3n) is 9.18. The highest BCUT2D eigenvalue weighted by Crippen LogP contribution is 2.33. The van der Waals surface area contributed by atoms with Crippen LogP contribution in [-0.4, -0.2) is 107 Å². The van der Waals surface area contributed by atoms with Crippen molar-refractivity contribution in [2.24, 2.45) is 11.8 Å². The Morgan fingerprint density at radius 3 is 2.45 bits per heavy atom. The number of hydrogen-bond donors (Lipinski definition) is 0. The number of amides is 1. The standard InChI is InChI=1S/C33H47N7O4/c1-33(2,3)39(17-18-43-4)21-24-9-11-25(12-10-24)32(42)38-15-13-37(14-16-38)30-28-20-36-40(31(28)35-23-34-30)22-29(41)26-7-6-8-27(19-26)44-5/h6-8,19-20,23-25H,9-18,21-22H2,1-5H3. The molecule has 1 aliphatic heterocycles. The number of piperazine rings is 1. The van der Waals surface area contributed by atoms with Gasteiger partial charge < -0.3 is 19.3 Å². The van der Waals surface area contributed by atoms with E-state index < -0.39 is 0 Å². The molecule has 238 valence electrons. The molecule has 1 amide bonds. The van der Waals surface area contributed by atoms with Gasteiger partial charge in [0.25, 0.3) is 0 Å². The van der Waals surface area contributed by atoms with Gasteiger partial charge >= 0.3 is 0 Å². The first-order valence-electron chi connectivity index (χ1n) is 15.8. The molecule has 1 saturated carbocycles. The minimum absolute atomic E-state index is 0.0685. The van der Waals surface area contributed by atoms with Gasteiger partial charge in [-0.1, -0.05) is 12.1 Å². The van der Waals surface area contributed by atoms with E-state index in [9.17, 15) is 9.59 Å². The van der Waals surface area contributed by atoms with E-state index in [1.165, 1.54) is 6.33 Å². The third-order valence-corrected chi connectivity index (χ3v) is 9.18. The van der Waals surface area contributed by atoms with Gasteiger partial charge in [0.15, 0.2) is 11.4 Å². The molecule has 0 bridgehead atoms. The van der Waals surface area contributed by atoms with E-state index in [0.717, 1.165) is 56.6 Å². The highest BCUT2D eigenvalue weighted by Gasteiger charge is 2.33. The van der Waals surface area contributed by atoms with Crippen LogP contribution in [0.3, 0.4) is 0 Å². The van der Waals surface area contributed by atoms with Crippen LogP contribution in [0.5, 0.6) is 5.75 Å². The topological polar surface area (TPSA) is 106 Å². The number of carbonyl (C=O) groups excluding carboxylic acids is 2. The number of rotatable bonds is 11. The smallest absolute Gasteiger partial charge is 0.225 e.